The van der Waals surface area contributed by atoms with Crippen LogP contribution in [0.3, 0.4) is 0 Å². The van der Waals surface area contributed by atoms with E-state index in [1.807, 2.05) is 6.92 Å². The SMILES string of the molecule is C=CCC(O)C(C)Nc1nc(Cl)ncc1Br. The molecule has 0 radical (unpaired) electrons. The Bertz CT molecular complexity index is 375. The van der Waals surface area contributed by atoms with Gasteiger partial charge in [-0.2, -0.15) is 4.98 Å². The van der Waals surface area contributed by atoms with Crippen LogP contribution in [-0.2, 0) is 0 Å². The third-order valence-electron chi connectivity index (χ3n) is 2.06. The predicted molar refractivity (Wildman–Crippen MR) is 68.6 cm³/mol. The van der Waals surface area contributed by atoms with Gasteiger partial charge in [-0.15, -0.1) is 6.58 Å². The van der Waals surface area contributed by atoms with Crippen molar-refractivity contribution < 1.29 is 5.11 Å². The molecule has 0 saturated heterocycles. The van der Waals surface area contributed by atoms with Gasteiger partial charge >= 0.3 is 0 Å². The summed E-state index contributed by atoms with van der Waals surface area (Å²) in [5, 5.41) is 12.9. The van der Waals surface area contributed by atoms with Gasteiger partial charge in [-0.25, -0.2) is 4.98 Å². The number of halogens is 2. The zero-order valence-corrected chi connectivity index (χ0v) is 11.2. The molecule has 0 saturated carbocycles. The Morgan fingerprint density at radius 2 is 2.44 bits per heavy atom. The van der Waals surface area contributed by atoms with Crippen molar-refractivity contribution in [2.45, 2.75) is 25.5 Å². The van der Waals surface area contributed by atoms with Crippen LogP contribution in [0.25, 0.3) is 0 Å². The van der Waals surface area contributed by atoms with E-state index >= 15 is 0 Å². The van der Waals surface area contributed by atoms with Crippen molar-refractivity contribution >= 4 is 33.3 Å². The fourth-order valence-corrected chi connectivity index (χ4v) is 1.57. The zero-order valence-electron chi connectivity index (χ0n) is 8.82. The standard InChI is InChI=1S/C10H13BrClN3O/c1-3-4-8(16)6(2)14-9-7(11)5-13-10(12)15-9/h3,5-6,8,16H,1,4H2,2H3,(H,13,14,15). The van der Waals surface area contributed by atoms with E-state index in [4.69, 9.17) is 11.6 Å². The topological polar surface area (TPSA) is 58.0 Å². The van der Waals surface area contributed by atoms with Crippen molar-refractivity contribution in [2.24, 2.45) is 0 Å². The first-order valence-corrected chi connectivity index (χ1v) is 5.95. The lowest BCUT2D eigenvalue weighted by Crippen LogP contribution is -2.30. The summed E-state index contributed by atoms with van der Waals surface area (Å²) in [5.74, 6) is 0.565. The summed E-state index contributed by atoms with van der Waals surface area (Å²) in [7, 11) is 0. The molecule has 0 aliphatic heterocycles. The highest BCUT2D eigenvalue weighted by Crippen LogP contribution is 2.21. The molecule has 2 N–H and O–H groups in total. The molecule has 1 rings (SSSR count). The van der Waals surface area contributed by atoms with Gasteiger partial charge in [0.1, 0.15) is 5.82 Å². The number of rotatable bonds is 5. The molecule has 88 valence electrons. The van der Waals surface area contributed by atoms with Crippen LogP contribution in [0, 0.1) is 0 Å². The third kappa shape index (κ3) is 3.73. The minimum atomic E-state index is -0.516. The van der Waals surface area contributed by atoms with Crippen molar-refractivity contribution in [3.05, 3.63) is 28.6 Å². The Hall–Kier alpha value is -0.650. The van der Waals surface area contributed by atoms with Crippen LogP contribution in [0.1, 0.15) is 13.3 Å². The molecule has 1 heterocycles. The number of nitrogens with zero attached hydrogens (tertiary/aromatic N) is 2. The summed E-state index contributed by atoms with van der Waals surface area (Å²) < 4.78 is 0.703. The van der Waals surface area contributed by atoms with Crippen LogP contribution in [0.4, 0.5) is 5.82 Å². The third-order valence-corrected chi connectivity index (χ3v) is 2.83. The normalized spacial score (nSPS) is 14.2. The number of anilines is 1. The fraction of sp³-hybridized carbons (Fsp3) is 0.400. The van der Waals surface area contributed by atoms with Crippen molar-refractivity contribution in [2.75, 3.05) is 5.32 Å². The van der Waals surface area contributed by atoms with Crippen LogP contribution in [0.5, 0.6) is 0 Å². The average molecular weight is 307 g/mol. The van der Waals surface area contributed by atoms with Crippen LogP contribution in [-0.4, -0.2) is 27.2 Å². The quantitative estimate of drug-likeness (QED) is 0.648. The summed E-state index contributed by atoms with van der Waals surface area (Å²) in [6.45, 7) is 5.44. The maximum atomic E-state index is 9.71. The maximum absolute atomic E-state index is 9.71. The summed E-state index contributed by atoms with van der Waals surface area (Å²) in [5.41, 5.74) is 0. The number of aliphatic hydroxyl groups is 1. The second kappa shape index (κ2) is 6.18. The predicted octanol–water partition coefficient (Wildman–Crippen LogP) is 2.63. The fourth-order valence-electron chi connectivity index (χ4n) is 1.13. The number of hydrogen-bond donors (Lipinski definition) is 2. The van der Waals surface area contributed by atoms with Crippen molar-refractivity contribution in [1.29, 1.82) is 0 Å². The molecule has 6 heteroatoms. The molecular formula is C10H13BrClN3O. The van der Waals surface area contributed by atoms with E-state index in [1.54, 1.807) is 12.3 Å². The Balaban J connectivity index is 2.72. The number of aromatic nitrogens is 2. The highest BCUT2D eigenvalue weighted by molar-refractivity contribution is 9.10. The largest absolute Gasteiger partial charge is 0.391 e. The van der Waals surface area contributed by atoms with Gasteiger partial charge in [-0.1, -0.05) is 6.08 Å². The van der Waals surface area contributed by atoms with E-state index < -0.39 is 6.10 Å². The Kier molecular flexibility index (Phi) is 5.18. The molecular weight excluding hydrogens is 293 g/mol. The van der Waals surface area contributed by atoms with E-state index in [9.17, 15) is 5.11 Å². The van der Waals surface area contributed by atoms with Gasteiger partial charge in [-0.3, -0.25) is 0 Å². The van der Waals surface area contributed by atoms with Crippen LogP contribution < -0.4 is 5.32 Å². The molecule has 0 aromatic carbocycles. The molecule has 1 aromatic rings. The van der Waals surface area contributed by atoms with Gasteiger partial charge in [0.05, 0.1) is 16.6 Å². The highest BCUT2D eigenvalue weighted by atomic mass is 79.9. The molecule has 4 nitrogen and oxygen atoms in total. The summed E-state index contributed by atoms with van der Waals surface area (Å²) >= 11 is 8.98. The molecule has 0 bridgehead atoms. The van der Waals surface area contributed by atoms with Gasteiger partial charge in [-0.05, 0) is 40.9 Å². The maximum Gasteiger partial charge on any atom is 0.224 e. The summed E-state index contributed by atoms with van der Waals surface area (Å²) in [4.78, 5) is 7.83. The molecule has 0 fully saturated rings. The minimum absolute atomic E-state index is 0.153. The smallest absolute Gasteiger partial charge is 0.224 e. The first kappa shape index (κ1) is 13.4. The van der Waals surface area contributed by atoms with Crippen molar-refractivity contribution in [3.8, 4) is 0 Å². The second-order valence-electron chi connectivity index (χ2n) is 3.36. The average Bonchev–Trinajstić information content (AvgIpc) is 2.23. The van der Waals surface area contributed by atoms with Gasteiger partial charge in [0, 0.05) is 6.20 Å². The molecule has 2 unspecified atom stereocenters. The first-order valence-electron chi connectivity index (χ1n) is 4.78. The number of nitrogens with one attached hydrogen (secondary N) is 1. The van der Waals surface area contributed by atoms with E-state index in [0.29, 0.717) is 16.7 Å². The molecule has 0 spiro atoms. The molecule has 0 amide bonds. The lowest BCUT2D eigenvalue weighted by atomic mass is 10.1. The Labute approximate surface area is 108 Å². The minimum Gasteiger partial charge on any atom is -0.391 e. The lowest BCUT2D eigenvalue weighted by Gasteiger charge is -2.20. The van der Waals surface area contributed by atoms with Crippen LogP contribution >= 0.6 is 27.5 Å². The van der Waals surface area contributed by atoms with Crippen molar-refractivity contribution in [1.82, 2.24) is 9.97 Å². The van der Waals surface area contributed by atoms with Gasteiger partial charge < -0.3 is 10.4 Å². The van der Waals surface area contributed by atoms with Gasteiger partial charge in [0.2, 0.25) is 5.28 Å². The summed E-state index contributed by atoms with van der Waals surface area (Å²) in [6, 6.07) is -0.153. The first-order chi connectivity index (χ1) is 7.54. The molecule has 0 aliphatic carbocycles. The van der Waals surface area contributed by atoms with E-state index in [1.165, 1.54) is 0 Å². The van der Waals surface area contributed by atoms with E-state index in [-0.39, 0.29) is 11.3 Å². The van der Waals surface area contributed by atoms with E-state index in [2.05, 4.69) is 37.8 Å². The Morgan fingerprint density at radius 3 is 3.06 bits per heavy atom. The van der Waals surface area contributed by atoms with Crippen LogP contribution in [0.15, 0.2) is 23.3 Å². The zero-order chi connectivity index (χ0) is 12.1. The number of hydrogen-bond acceptors (Lipinski definition) is 4. The lowest BCUT2D eigenvalue weighted by molar-refractivity contribution is 0.161. The van der Waals surface area contributed by atoms with Crippen LogP contribution in [0.2, 0.25) is 5.28 Å². The Morgan fingerprint density at radius 1 is 1.75 bits per heavy atom. The highest BCUT2D eigenvalue weighted by Gasteiger charge is 2.14. The van der Waals surface area contributed by atoms with Gasteiger partial charge in [0.15, 0.2) is 0 Å². The number of aliphatic hydroxyl groups excluding tert-OH is 1. The van der Waals surface area contributed by atoms with Gasteiger partial charge in [0.25, 0.3) is 0 Å². The molecule has 16 heavy (non-hydrogen) atoms. The molecule has 1 aromatic heterocycles. The summed E-state index contributed by atoms with van der Waals surface area (Å²) in [6.07, 6.45) is 3.23. The van der Waals surface area contributed by atoms with E-state index in [0.717, 1.165) is 0 Å². The second-order valence-corrected chi connectivity index (χ2v) is 4.55. The molecule has 2 atom stereocenters. The monoisotopic (exact) mass is 305 g/mol. The molecule has 0 aliphatic rings. The van der Waals surface area contributed by atoms with Crippen molar-refractivity contribution in [3.63, 3.8) is 0 Å².